The molecule has 11 rings (SSSR count). The van der Waals surface area contributed by atoms with Crippen LogP contribution in [-0.4, -0.2) is 9.55 Å². The standard InChI is InChI=1S/C47H28N2O2/c1-2-11-29(12-3-1)32-15-8-16-34(28-32)49-40-21-7-6-17-36(40)43-38(20-10-22-41(43)49)47-48-39-25-26-42-44(46(39)51-47)37-19-9-18-35(45(37)50-42)33-24-23-30-13-4-5-14-31(30)27-33/h1-28H. The number of aromatic nitrogens is 2. The third-order valence-corrected chi connectivity index (χ3v) is 10.2. The van der Waals surface area contributed by atoms with Gasteiger partial charge in [-0.25, -0.2) is 4.98 Å². The van der Waals surface area contributed by atoms with Crippen LogP contribution in [0.25, 0.3) is 105 Å². The minimum atomic E-state index is 0.587. The lowest BCUT2D eigenvalue weighted by Crippen LogP contribution is -1.94. The molecule has 3 heterocycles. The monoisotopic (exact) mass is 652 g/mol. The Hall–Kier alpha value is -6.91. The number of furan rings is 1. The molecular formula is C47H28N2O2. The Kier molecular flexibility index (Phi) is 5.92. The molecule has 0 radical (unpaired) electrons. The highest BCUT2D eigenvalue weighted by Gasteiger charge is 2.22. The van der Waals surface area contributed by atoms with Crippen molar-refractivity contribution in [3.8, 4) is 39.4 Å². The molecule has 0 N–H and O–H groups in total. The van der Waals surface area contributed by atoms with E-state index in [0.717, 1.165) is 77.2 Å². The number of hydrogen-bond acceptors (Lipinski definition) is 3. The van der Waals surface area contributed by atoms with Crippen molar-refractivity contribution >= 4 is 65.6 Å². The van der Waals surface area contributed by atoms with E-state index in [4.69, 9.17) is 13.8 Å². The van der Waals surface area contributed by atoms with Crippen LogP contribution in [0.2, 0.25) is 0 Å². The highest BCUT2D eigenvalue weighted by atomic mass is 16.4. The first-order chi connectivity index (χ1) is 25.3. The van der Waals surface area contributed by atoms with E-state index in [1.807, 2.05) is 12.1 Å². The summed E-state index contributed by atoms with van der Waals surface area (Å²) >= 11 is 0. The van der Waals surface area contributed by atoms with Gasteiger partial charge in [0.25, 0.3) is 0 Å². The molecule has 3 aromatic heterocycles. The maximum Gasteiger partial charge on any atom is 0.228 e. The second-order valence-corrected chi connectivity index (χ2v) is 13.1. The Morgan fingerprint density at radius 2 is 1.18 bits per heavy atom. The van der Waals surface area contributed by atoms with Crippen LogP contribution in [0, 0.1) is 0 Å². The Morgan fingerprint density at radius 1 is 0.431 bits per heavy atom. The summed E-state index contributed by atoms with van der Waals surface area (Å²) in [6, 6.07) is 59.6. The second kappa shape index (κ2) is 10.8. The van der Waals surface area contributed by atoms with Crippen LogP contribution in [0.3, 0.4) is 0 Å². The number of benzene rings is 8. The van der Waals surface area contributed by atoms with Gasteiger partial charge in [0, 0.05) is 33.0 Å². The summed E-state index contributed by atoms with van der Waals surface area (Å²) in [6.45, 7) is 0. The van der Waals surface area contributed by atoms with Crippen molar-refractivity contribution in [1.82, 2.24) is 9.55 Å². The molecule has 0 unspecified atom stereocenters. The molecule has 4 heteroatoms. The Balaban J connectivity index is 1.11. The van der Waals surface area contributed by atoms with Crippen LogP contribution in [0.1, 0.15) is 0 Å². The maximum atomic E-state index is 6.81. The molecule has 0 saturated carbocycles. The predicted molar refractivity (Wildman–Crippen MR) is 209 cm³/mol. The number of hydrogen-bond donors (Lipinski definition) is 0. The molecular weight excluding hydrogens is 625 g/mol. The summed E-state index contributed by atoms with van der Waals surface area (Å²) in [5.74, 6) is 0.587. The quantitative estimate of drug-likeness (QED) is 0.190. The molecule has 4 nitrogen and oxygen atoms in total. The zero-order chi connectivity index (χ0) is 33.5. The van der Waals surface area contributed by atoms with Gasteiger partial charge in [0.15, 0.2) is 5.58 Å². The van der Waals surface area contributed by atoms with Crippen molar-refractivity contribution in [1.29, 1.82) is 0 Å². The fourth-order valence-corrected chi connectivity index (χ4v) is 7.90. The normalized spacial score (nSPS) is 11.9. The molecule has 0 aliphatic carbocycles. The van der Waals surface area contributed by atoms with Crippen LogP contribution >= 0.6 is 0 Å². The molecule has 0 saturated heterocycles. The topological polar surface area (TPSA) is 44.1 Å². The lowest BCUT2D eigenvalue weighted by molar-refractivity contribution is 0.623. The molecule has 8 aromatic carbocycles. The van der Waals surface area contributed by atoms with Crippen LogP contribution < -0.4 is 0 Å². The van der Waals surface area contributed by atoms with Crippen molar-refractivity contribution in [2.45, 2.75) is 0 Å². The average Bonchev–Trinajstić information content (AvgIpc) is 3.90. The van der Waals surface area contributed by atoms with Crippen molar-refractivity contribution < 1.29 is 8.83 Å². The van der Waals surface area contributed by atoms with E-state index >= 15 is 0 Å². The Labute approximate surface area is 292 Å². The highest BCUT2D eigenvalue weighted by Crippen LogP contribution is 2.43. The van der Waals surface area contributed by atoms with E-state index in [2.05, 4.69) is 162 Å². The lowest BCUT2D eigenvalue weighted by atomic mass is 9.99. The molecule has 0 aliphatic heterocycles. The minimum absolute atomic E-state index is 0.587. The van der Waals surface area contributed by atoms with Gasteiger partial charge in [0.2, 0.25) is 5.89 Å². The zero-order valence-electron chi connectivity index (χ0n) is 27.4. The predicted octanol–water partition coefficient (Wildman–Crippen LogP) is 13.0. The Bertz CT molecular complexity index is 3140. The average molecular weight is 653 g/mol. The Morgan fingerprint density at radius 3 is 2.12 bits per heavy atom. The smallest absolute Gasteiger partial charge is 0.228 e. The molecule has 11 aromatic rings. The number of nitrogens with zero attached hydrogens (tertiary/aromatic N) is 2. The van der Waals surface area contributed by atoms with E-state index < -0.39 is 0 Å². The largest absolute Gasteiger partial charge is 0.455 e. The summed E-state index contributed by atoms with van der Waals surface area (Å²) in [5, 5.41) is 6.62. The van der Waals surface area contributed by atoms with Crippen molar-refractivity contribution in [3.63, 3.8) is 0 Å². The number of oxazole rings is 1. The van der Waals surface area contributed by atoms with Gasteiger partial charge in [-0.05, 0) is 76.0 Å². The third-order valence-electron chi connectivity index (χ3n) is 10.2. The fraction of sp³-hybridized carbons (Fsp3) is 0. The summed E-state index contributed by atoms with van der Waals surface area (Å²) in [7, 11) is 0. The molecule has 0 spiro atoms. The molecule has 0 aliphatic rings. The van der Waals surface area contributed by atoms with Gasteiger partial charge in [0.05, 0.1) is 16.4 Å². The van der Waals surface area contributed by atoms with E-state index in [1.54, 1.807) is 0 Å². The van der Waals surface area contributed by atoms with Gasteiger partial charge in [-0.3, -0.25) is 0 Å². The molecule has 0 fully saturated rings. The fourth-order valence-electron chi connectivity index (χ4n) is 7.90. The minimum Gasteiger partial charge on any atom is -0.455 e. The van der Waals surface area contributed by atoms with E-state index in [1.165, 1.54) is 21.9 Å². The summed E-state index contributed by atoms with van der Waals surface area (Å²) in [5.41, 5.74) is 12.0. The first-order valence-corrected chi connectivity index (χ1v) is 17.2. The first-order valence-electron chi connectivity index (χ1n) is 17.2. The van der Waals surface area contributed by atoms with Crippen molar-refractivity contribution in [2.75, 3.05) is 0 Å². The van der Waals surface area contributed by atoms with Gasteiger partial charge in [0.1, 0.15) is 16.7 Å². The van der Waals surface area contributed by atoms with Crippen molar-refractivity contribution in [3.05, 3.63) is 170 Å². The van der Waals surface area contributed by atoms with Gasteiger partial charge in [-0.2, -0.15) is 0 Å². The maximum absolute atomic E-state index is 6.81. The molecule has 0 bridgehead atoms. The number of fused-ring (bicyclic) bond motifs is 9. The van der Waals surface area contributed by atoms with Crippen LogP contribution in [0.15, 0.2) is 179 Å². The van der Waals surface area contributed by atoms with Crippen LogP contribution in [-0.2, 0) is 0 Å². The SMILES string of the molecule is c1ccc(-c2cccc(-n3c4ccccc4c4c(-c5nc6ccc7oc8c(-c9ccc%10ccccc%10c9)cccc8c7c6o5)cccc43)c2)cc1. The van der Waals surface area contributed by atoms with E-state index in [9.17, 15) is 0 Å². The number of rotatable bonds is 4. The number of para-hydroxylation sites is 2. The summed E-state index contributed by atoms with van der Waals surface area (Å²) in [4.78, 5) is 5.11. The van der Waals surface area contributed by atoms with E-state index in [-0.39, 0.29) is 0 Å². The molecule has 0 atom stereocenters. The molecule has 0 amide bonds. The second-order valence-electron chi connectivity index (χ2n) is 13.1. The lowest BCUT2D eigenvalue weighted by Gasteiger charge is -2.10. The van der Waals surface area contributed by atoms with Gasteiger partial charge in [-0.15, -0.1) is 0 Å². The first kappa shape index (κ1) is 28.0. The summed E-state index contributed by atoms with van der Waals surface area (Å²) in [6.07, 6.45) is 0. The molecule has 238 valence electrons. The van der Waals surface area contributed by atoms with Crippen LogP contribution in [0.5, 0.6) is 0 Å². The van der Waals surface area contributed by atoms with Crippen molar-refractivity contribution in [2.24, 2.45) is 0 Å². The van der Waals surface area contributed by atoms with Gasteiger partial charge >= 0.3 is 0 Å². The van der Waals surface area contributed by atoms with Crippen LogP contribution in [0.4, 0.5) is 0 Å². The molecule has 51 heavy (non-hydrogen) atoms. The van der Waals surface area contributed by atoms with E-state index in [0.29, 0.717) is 5.89 Å². The third kappa shape index (κ3) is 4.23. The van der Waals surface area contributed by atoms with Gasteiger partial charge < -0.3 is 13.4 Å². The highest BCUT2D eigenvalue weighted by molar-refractivity contribution is 6.20. The van der Waals surface area contributed by atoms with Gasteiger partial charge in [-0.1, -0.05) is 121 Å². The zero-order valence-corrected chi connectivity index (χ0v) is 27.4. The summed E-state index contributed by atoms with van der Waals surface area (Å²) < 4.78 is 15.8.